The van der Waals surface area contributed by atoms with Crippen LogP contribution in [0.4, 0.5) is 0 Å². The third-order valence-corrected chi connectivity index (χ3v) is 3.55. The standard InChI is InChI=1S/C16H12Br2/c1-12(14-5-3-7-16(18)11-14)8-9-13-4-2-6-15(17)10-13/h2-7,9-11H,1H3. The third-order valence-electron chi connectivity index (χ3n) is 2.56. The van der Waals surface area contributed by atoms with Crippen LogP contribution in [0.15, 0.2) is 63.2 Å². The first-order chi connectivity index (χ1) is 8.65. The molecule has 0 amide bonds. The average molecular weight is 364 g/mol. The van der Waals surface area contributed by atoms with Crippen LogP contribution in [0.1, 0.15) is 18.1 Å². The van der Waals surface area contributed by atoms with Gasteiger partial charge in [-0.2, -0.15) is 0 Å². The summed E-state index contributed by atoms with van der Waals surface area (Å²) in [5.41, 5.74) is 6.76. The summed E-state index contributed by atoms with van der Waals surface area (Å²) < 4.78 is 2.17. The summed E-state index contributed by atoms with van der Waals surface area (Å²) >= 11 is 6.94. The van der Waals surface area contributed by atoms with Gasteiger partial charge in [-0.15, -0.1) is 5.73 Å². The normalized spacial score (nSPS) is 9.72. The van der Waals surface area contributed by atoms with Gasteiger partial charge in [-0.25, -0.2) is 0 Å². The van der Waals surface area contributed by atoms with Gasteiger partial charge in [-0.05, 0) is 54.0 Å². The lowest BCUT2D eigenvalue weighted by atomic mass is 10.1. The molecular formula is C16H12Br2. The van der Waals surface area contributed by atoms with Crippen molar-refractivity contribution in [3.8, 4) is 0 Å². The lowest BCUT2D eigenvalue weighted by Gasteiger charge is -1.99. The van der Waals surface area contributed by atoms with Crippen LogP contribution in [0.5, 0.6) is 0 Å². The molecule has 0 unspecified atom stereocenters. The summed E-state index contributed by atoms with van der Waals surface area (Å²) in [5.74, 6) is 0. The van der Waals surface area contributed by atoms with E-state index < -0.39 is 0 Å². The predicted octanol–water partition coefficient (Wildman–Crippen LogP) is 5.93. The molecule has 0 nitrogen and oxygen atoms in total. The van der Waals surface area contributed by atoms with Gasteiger partial charge in [-0.3, -0.25) is 0 Å². The lowest BCUT2D eigenvalue weighted by Crippen LogP contribution is -1.77. The highest BCUT2D eigenvalue weighted by Crippen LogP contribution is 2.18. The highest BCUT2D eigenvalue weighted by Gasteiger charge is 1.95. The van der Waals surface area contributed by atoms with Gasteiger partial charge in [0.25, 0.3) is 0 Å². The van der Waals surface area contributed by atoms with Crippen molar-refractivity contribution in [3.05, 3.63) is 74.3 Å². The fourth-order valence-corrected chi connectivity index (χ4v) is 2.41. The molecule has 2 aromatic rings. The van der Waals surface area contributed by atoms with Crippen LogP contribution in [-0.2, 0) is 0 Å². The largest absolute Gasteiger partial charge is 0.116 e. The van der Waals surface area contributed by atoms with Crippen molar-refractivity contribution in [1.82, 2.24) is 0 Å². The molecule has 2 rings (SSSR count). The number of allylic oxidation sites excluding steroid dienone is 1. The first-order valence-corrected chi connectivity index (χ1v) is 7.18. The van der Waals surface area contributed by atoms with Crippen molar-refractivity contribution in [2.75, 3.05) is 0 Å². The molecule has 0 aliphatic rings. The van der Waals surface area contributed by atoms with E-state index in [0.29, 0.717) is 0 Å². The van der Waals surface area contributed by atoms with Crippen molar-refractivity contribution in [1.29, 1.82) is 0 Å². The Balaban J connectivity index is 2.33. The van der Waals surface area contributed by atoms with Gasteiger partial charge in [0.15, 0.2) is 0 Å². The minimum atomic E-state index is 1.08. The molecule has 90 valence electrons. The van der Waals surface area contributed by atoms with Crippen LogP contribution in [-0.4, -0.2) is 0 Å². The molecule has 2 heteroatoms. The summed E-state index contributed by atoms with van der Waals surface area (Å²) in [4.78, 5) is 0. The fourth-order valence-electron chi connectivity index (χ4n) is 1.59. The van der Waals surface area contributed by atoms with E-state index in [1.54, 1.807) is 0 Å². The smallest absolute Gasteiger partial charge is 0.0181 e. The Morgan fingerprint density at radius 3 is 2.33 bits per heavy atom. The highest BCUT2D eigenvalue weighted by molar-refractivity contribution is 9.10. The number of halogens is 2. The minimum Gasteiger partial charge on any atom is -0.116 e. The molecule has 0 radical (unpaired) electrons. The van der Waals surface area contributed by atoms with E-state index in [4.69, 9.17) is 0 Å². The second kappa shape index (κ2) is 6.19. The Bertz CT molecular complexity index is 620. The molecule has 0 N–H and O–H groups in total. The van der Waals surface area contributed by atoms with Crippen molar-refractivity contribution < 1.29 is 0 Å². The zero-order chi connectivity index (χ0) is 13.0. The maximum atomic E-state index is 3.48. The van der Waals surface area contributed by atoms with Gasteiger partial charge in [0.2, 0.25) is 0 Å². The molecule has 0 saturated heterocycles. The Kier molecular flexibility index (Phi) is 4.60. The topological polar surface area (TPSA) is 0 Å². The van der Waals surface area contributed by atoms with E-state index in [2.05, 4.69) is 68.8 Å². The van der Waals surface area contributed by atoms with E-state index >= 15 is 0 Å². The molecule has 0 saturated carbocycles. The second-order valence-corrected chi connectivity index (χ2v) is 5.81. The van der Waals surface area contributed by atoms with Crippen molar-refractivity contribution in [2.45, 2.75) is 6.92 Å². The molecular weight excluding hydrogens is 352 g/mol. The quantitative estimate of drug-likeness (QED) is 0.580. The number of rotatable bonds is 2. The predicted molar refractivity (Wildman–Crippen MR) is 85.3 cm³/mol. The van der Waals surface area contributed by atoms with Crippen LogP contribution in [0, 0.1) is 0 Å². The van der Waals surface area contributed by atoms with Gasteiger partial charge in [-0.1, -0.05) is 56.1 Å². The first kappa shape index (κ1) is 13.4. The monoisotopic (exact) mass is 362 g/mol. The van der Waals surface area contributed by atoms with Gasteiger partial charge in [0, 0.05) is 8.95 Å². The summed E-state index contributed by atoms with van der Waals surface area (Å²) in [6, 6.07) is 16.4. The second-order valence-electron chi connectivity index (χ2n) is 3.98. The summed E-state index contributed by atoms with van der Waals surface area (Å²) in [6.45, 7) is 2.07. The van der Waals surface area contributed by atoms with E-state index in [1.165, 1.54) is 5.56 Å². The summed E-state index contributed by atoms with van der Waals surface area (Å²) in [6.07, 6.45) is 2.00. The molecule has 0 atom stereocenters. The van der Waals surface area contributed by atoms with Gasteiger partial charge < -0.3 is 0 Å². The summed E-state index contributed by atoms with van der Waals surface area (Å²) in [7, 11) is 0. The van der Waals surface area contributed by atoms with Crippen LogP contribution in [0.25, 0.3) is 11.6 Å². The summed E-state index contributed by atoms with van der Waals surface area (Å²) in [5, 5.41) is 0. The Morgan fingerprint density at radius 2 is 1.67 bits per heavy atom. The Labute approximate surface area is 124 Å². The number of hydrogen-bond acceptors (Lipinski definition) is 0. The van der Waals surface area contributed by atoms with Gasteiger partial charge in [0.05, 0.1) is 0 Å². The van der Waals surface area contributed by atoms with Gasteiger partial charge >= 0.3 is 0 Å². The average Bonchev–Trinajstić information content (AvgIpc) is 2.36. The van der Waals surface area contributed by atoms with E-state index in [-0.39, 0.29) is 0 Å². The van der Waals surface area contributed by atoms with E-state index in [0.717, 1.165) is 20.1 Å². The Morgan fingerprint density at radius 1 is 1.00 bits per heavy atom. The van der Waals surface area contributed by atoms with E-state index in [9.17, 15) is 0 Å². The highest BCUT2D eigenvalue weighted by atomic mass is 79.9. The molecule has 0 spiro atoms. The van der Waals surface area contributed by atoms with Crippen molar-refractivity contribution >= 4 is 43.5 Å². The van der Waals surface area contributed by atoms with E-state index in [1.807, 2.05) is 30.3 Å². The Hall–Kier alpha value is -1.08. The zero-order valence-corrected chi connectivity index (χ0v) is 13.1. The van der Waals surface area contributed by atoms with Crippen LogP contribution in [0.2, 0.25) is 0 Å². The van der Waals surface area contributed by atoms with Crippen LogP contribution >= 0.6 is 31.9 Å². The third kappa shape index (κ3) is 3.71. The number of hydrogen-bond donors (Lipinski definition) is 0. The van der Waals surface area contributed by atoms with Crippen LogP contribution < -0.4 is 0 Å². The van der Waals surface area contributed by atoms with Crippen molar-refractivity contribution in [2.24, 2.45) is 0 Å². The van der Waals surface area contributed by atoms with Crippen molar-refractivity contribution in [3.63, 3.8) is 0 Å². The fraction of sp³-hybridized carbons (Fsp3) is 0.0625. The molecule has 2 aromatic carbocycles. The molecule has 0 heterocycles. The maximum absolute atomic E-state index is 3.48. The molecule has 0 aliphatic heterocycles. The SMILES string of the molecule is CC(=C=Cc1cccc(Br)c1)c1cccc(Br)c1. The minimum absolute atomic E-state index is 1.08. The molecule has 0 fully saturated rings. The molecule has 18 heavy (non-hydrogen) atoms. The number of benzene rings is 2. The first-order valence-electron chi connectivity index (χ1n) is 5.60. The molecule has 0 aromatic heterocycles. The molecule has 0 aliphatic carbocycles. The van der Waals surface area contributed by atoms with Gasteiger partial charge in [0.1, 0.15) is 0 Å². The molecule has 0 bridgehead atoms. The zero-order valence-electron chi connectivity index (χ0n) is 9.95. The van der Waals surface area contributed by atoms with Crippen LogP contribution in [0.3, 0.4) is 0 Å². The maximum Gasteiger partial charge on any atom is 0.0181 e. The lowest BCUT2D eigenvalue weighted by molar-refractivity contribution is 1.54.